The fourth-order valence-corrected chi connectivity index (χ4v) is 4.39. The molecule has 2 aromatic carbocycles. The number of rotatable bonds is 4. The molecule has 1 aliphatic heterocycles. The lowest BCUT2D eigenvalue weighted by Gasteiger charge is -2.18. The van der Waals surface area contributed by atoms with E-state index >= 15 is 0 Å². The van der Waals surface area contributed by atoms with Crippen LogP contribution in [0.1, 0.15) is 57.9 Å². The summed E-state index contributed by atoms with van der Waals surface area (Å²) in [6.07, 6.45) is 5.28. The van der Waals surface area contributed by atoms with Crippen molar-refractivity contribution in [1.82, 2.24) is 10.3 Å². The van der Waals surface area contributed by atoms with Gasteiger partial charge in [-0.1, -0.05) is 30.7 Å². The standard InChI is InChI=1S/C27H31N3O/c1-18-8-6-10-23(20(18)3)24-16-21(13-12-19(24)2)27(31)30-25-11-7-15-29-26(25)22-9-4-5-14-28-17-22/h6-8,10-13,15-16,22,28H,4-5,9,14,17H2,1-3H3,(H,30,31). The third kappa shape index (κ3) is 4.70. The first kappa shape index (κ1) is 21.3. The van der Waals surface area contributed by atoms with Crippen LogP contribution in [0.4, 0.5) is 5.69 Å². The minimum atomic E-state index is -0.0950. The molecule has 1 unspecified atom stereocenters. The number of aromatic nitrogens is 1. The maximum atomic E-state index is 13.2. The van der Waals surface area contributed by atoms with Gasteiger partial charge in [0.25, 0.3) is 5.91 Å². The van der Waals surface area contributed by atoms with Crippen molar-refractivity contribution < 1.29 is 4.79 Å². The largest absolute Gasteiger partial charge is 0.320 e. The van der Waals surface area contributed by atoms with Crippen molar-refractivity contribution in [1.29, 1.82) is 0 Å². The first-order chi connectivity index (χ1) is 15.0. The van der Waals surface area contributed by atoms with Crippen molar-refractivity contribution in [2.24, 2.45) is 0 Å². The molecular weight excluding hydrogens is 382 g/mol. The van der Waals surface area contributed by atoms with Crippen LogP contribution in [0.25, 0.3) is 11.1 Å². The molecule has 1 aromatic heterocycles. The van der Waals surface area contributed by atoms with E-state index in [0.717, 1.165) is 42.0 Å². The molecule has 31 heavy (non-hydrogen) atoms. The van der Waals surface area contributed by atoms with Crippen LogP contribution in [0.5, 0.6) is 0 Å². The summed E-state index contributed by atoms with van der Waals surface area (Å²) in [5, 5.41) is 6.64. The highest BCUT2D eigenvalue weighted by molar-refractivity contribution is 6.05. The Morgan fingerprint density at radius 2 is 1.87 bits per heavy atom. The average Bonchev–Trinajstić information content (AvgIpc) is 3.06. The summed E-state index contributed by atoms with van der Waals surface area (Å²) in [6.45, 7) is 8.31. The van der Waals surface area contributed by atoms with Crippen LogP contribution in [-0.2, 0) is 0 Å². The topological polar surface area (TPSA) is 54.0 Å². The van der Waals surface area contributed by atoms with Crippen LogP contribution in [-0.4, -0.2) is 24.0 Å². The Bertz CT molecular complexity index is 1080. The number of pyridine rings is 1. The first-order valence-electron chi connectivity index (χ1n) is 11.2. The van der Waals surface area contributed by atoms with Gasteiger partial charge in [-0.25, -0.2) is 0 Å². The molecule has 160 valence electrons. The van der Waals surface area contributed by atoms with Crippen LogP contribution in [0.15, 0.2) is 54.7 Å². The lowest BCUT2D eigenvalue weighted by molar-refractivity contribution is 0.102. The number of benzene rings is 2. The highest BCUT2D eigenvalue weighted by Gasteiger charge is 2.20. The van der Waals surface area contributed by atoms with Gasteiger partial charge in [-0.05, 0) is 92.2 Å². The van der Waals surface area contributed by atoms with E-state index in [4.69, 9.17) is 0 Å². The van der Waals surface area contributed by atoms with Crippen molar-refractivity contribution in [3.8, 4) is 11.1 Å². The summed E-state index contributed by atoms with van der Waals surface area (Å²) in [4.78, 5) is 17.8. The third-order valence-electron chi connectivity index (χ3n) is 6.41. The van der Waals surface area contributed by atoms with Gasteiger partial charge in [0.1, 0.15) is 0 Å². The number of hydrogen-bond acceptors (Lipinski definition) is 3. The first-order valence-corrected chi connectivity index (χ1v) is 11.2. The van der Waals surface area contributed by atoms with E-state index in [-0.39, 0.29) is 5.91 Å². The van der Waals surface area contributed by atoms with Crippen molar-refractivity contribution in [2.45, 2.75) is 46.0 Å². The Hall–Kier alpha value is -2.98. The summed E-state index contributed by atoms with van der Waals surface area (Å²) < 4.78 is 0. The second kappa shape index (κ2) is 9.44. The molecule has 0 saturated carbocycles. The molecule has 2 heterocycles. The van der Waals surface area contributed by atoms with Gasteiger partial charge in [-0.3, -0.25) is 9.78 Å². The van der Waals surface area contributed by atoms with Crippen molar-refractivity contribution in [2.75, 3.05) is 18.4 Å². The minimum Gasteiger partial charge on any atom is -0.320 e. The summed E-state index contributed by atoms with van der Waals surface area (Å²) in [6, 6.07) is 16.1. The van der Waals surface area contributed by atoms with Crippen molar-refractivity contribution in [3.05, 3.63) is 82.7 Å². The zero-order valence-corrected chi connectivity index (χ0v) is 18.7. The van der Waals surface area contributed by atoms with E-state index in [0.29, 0.717) is 11.5 Å². The molecule has 4 heteroatoms. The van der Waals surface area contributed by atoms with Crippen LogP contribution in [0.2, 0.25) is 0 Å². The summed E-state index contributed by atoms with van der Waals surface area (Å²) in [5.41, 5.74) is 8.41. The van der Waals surface area contributed by atoms with Crippen LogP contribution >= 0.6 is 0 Å². The number of carbonyl (C=O) groups is 1. The summed E-state index contributed by atoms with van der Waals surface area (Å²) in [5.74, 6) is 0.227. The van der Waals surface area contributed by atoms with E-state index in [1.165, 1.54) is 29.5 Å². The number of amides is 1. The molecule has 4 rings (SSSR count). The molecule has 0 radical (unpaired) electrons. The number of hydrogen-bond donors (Lipinski definition) is 2. The molecular formula is C27H31N3O. The molecule has 1 fully saturated rings. The van der Waals surface area contributed by atoms with Gasteiger partial charge in [-0.15, -0.1) is 0 Å². The molecule has 4 nitrogen and oxygen atoms in total. The number of anilines is 1. The second-order valence-corrected chi connectivity index (χ2v) is 8.56. The summed E-state index contributed by atoms with van der Waals surface area (Å²) >= 11 is 0. The monoisotopic (exact) mass is 413 g/mol. The van der Waals surface area contributed by atoms with Crippen LogP contribution in [0.3, 0.4) is 0 Å². The number of nitrogens with zero attached hydrogens (tertiary/aromatic N) is 1. The fourth-order valence-electron chi connectivity index (χ4n) is 4.39. The average molecular weight is 414 g/mol. The van der Waals surface area contributed by atoms with E-state index in [2.05, 4.69) is 54.6 Å². The lowest BCUT2D eigenvalue weighted by atomic mass is 9.92. The molecule has 0 bridgehead atoms. The van der Waals surface area contributed by atoms with Crippen molar-refractivity contribution in [3.63, 3.8) is 0 Å². The zero-order chi connectivity index (χ0) is 21.8. The normalized spacial score (nSPS) is 16.5. The second-order valence-electron chi connectivity index (χ2n) is 8.56. The van der Waals surface area contributed by atoms with Gasteiger partial charge in [0, 0.05) is 24.2 Å². The lowest BCUT2D eigenvalue weighted by Crippen LogP contribution is -2.22. The molecule has 1 saturated heterocycles. The van der Waals surface area contributed by atoms with Gasteiger partial charge in [0.15, 0.2) is 0 Å². The van der Waals surface area contributed by atoms with Gasteiger partial charge in [-0.2, -0.15) is 0 Å². The fraction of sp³-hybridized carbons (Fsp3) is 0.333. The maximum Gasteiger partial charge on any atom is 0.255 e. The van der Waals surface area contributed by atoms with Crippen LogP contribution < -0.4 is 10.6 Å². The Morgan fingerprint density at radius 1 is 1.00 bits per heavy atom. The Labute approximate surface area is 185 Å². The minimum absolute atomic E-state index is 0.0950. The molecule has 1 amide bonds. The van der Waals surface area contributed by atoms with Gasteiger partial charge in [0.05, 0.1) is 11.4 Å². The molecule has 1 atom stereocenters. The Balaban J connectivity index is 1.62. The van der Waals surface area contributed by atoms with E-state index < -0.39 is 0 Å². The molecule has 0 spiro atoms. The van der Waals surface area contributed by atoms with Crippen molar-refractivity contribution >= 4 is 11.6 Å². The molecule has 0 aliphatic carbocycles. The molecule has 3 aromatic rings. The number of carbonyl (C=O) groups excluding carboxylic acids is 1. The van der Waals surface area contributed by atoms with Crippen LogP contribution in [0, 0.1) is 20.8 Å². The van der Waals surface area contributed by atoms with Gasteiger partial charge < -0.3 is 10.6 Å². The predicted molar refractivity (Wildman–Crippen MR) is 128 cm³/mol. The van der Waals surface area contributed by atoms with E-state index in [9.17, 15) is 4.79 Å². The maximum absolute atomic E-state index is 13.2. The third-order valence-corrected chi connectivity index (χ3v) is 6.41. The predicted octanol–water partition coefficient (Wildman–Crippen LogP) is 5.78. The number of nitrogens with one attached hydrogen (secondary N) is 2. The Morgan fingerprint density at radius 3 is 2.74 bits per heavy atom. The van der Waals surface area contributed by atoms with Gasteiger partial charge >= 0.3 is 0 Å². The molecule has 2 N–H and O–H groups in total. The zero-order valence-electron chi connectivity index (χ0n) is 18.7. The van der Waals surface area contributed by atoms with E-state index in [1.54, 1.807) is 0 Å². The van der Waals surface area contributed by atoms with Gasteiger partial charge in [0.2, 0.25) is 0 Å². The highest BCUT2D eigenvalue weighted by Crippen LogP contribution is 2.31. The quantitative estimate of drug-likeness (QED) is 0.570. The summed E-state index contributed by atoms with van der Waals surface area (Å²) in [7, 11) is 0. The Kier molecular flexibility index (Phi) is 6.47. The smallest absolute Gasteiger partial charge is 0.255 e. The molecule has 1 aliphatic rings. The van der Waals surface area contributed by atoms with E-state index in [1.807, 2.05) is 36.5 Å². The SMILES string of the molecule is Cc1ccc(C(=O)Nc2cccnc2C2CCCCNC2)cc1-c1cccc(C)c1C. The number of aryl methyl sites for hydroxylation is 2. The highest BCUT2D eigenvalue weighted by atomic mass is 16.1.